The molecule has 0 bridgehead atoms. The summed E-state index contributed by atoms with van der Waals surface area (Å²) in [6.45, 7) is 5.64. The van der Waals surface area contributed by atoms with Gasteiger partial charge in [-0.15, -0.1) is 0 Å². The van der Waals surface area contributed by atoms with Crippen molar-refractivity contribution < 1.29 is 19.2 Å². The first-order valence-electron chi connectivity index (χ1n) is 9.16. The third kappa shape index (κ3) is 4.68. The molecule has 2 aromatic rings. The van der Waals surface area contributed by atoms with Crippen molar-refractivity contribution in [2.45, 2.75) is 38.8 Å². The van der Waals surface area contributed by atoms with Crippen LogP contribution in [-0.2, 0) is 9.53 Å². The van der Waals surface area contributed by atoms with Crippen LogP contribution in [0.25, 0.3) is 11.1 Å². The van der Waals surface area contributed by atoms with Gasteiger partial charge in [0.15, 0.2) is 0 Å². The highest BCUT2D eigenvalue weighted by atomic mass is 16.6. The van der Waals surface area contributed by atoms with Crippen molar-refractivity contribution in [1.82, 2.24) is 10.3 Å². The zero-order chi connectivity index (χ0) is 21.2. The van der Waals surface area contributed by atoms with Crippen LogP contribution in [0.2, 0.25) is 0 Å². The Bertz CT molecular complexity index is 937. The SMILES string of the molecule is CC(C)(C)OC(=O)N[C@H]1CCN(c2ccc(-c3ccccc3[N+](=O)[O-])cn2)C1=O. The highest BCUT2D eigenvalue weighted by molar-refractivity contribution is 6.00. The maximum atomic E-state index is 12.6. The van der Waals surface area contributed by atoms with E-state index in [0.717, 1.165) is 0 Å². The molecule has 0 radical (unpaired) electrons. The number of nitrogens with one attached hydrogen (secondary N) is 1. The first-order valence-corrected chi connectivity index (χ1v) is 9.16. The molecular weight excluding hydrogens is 376 g/mol. The highest BCUT2D eigenvalue weighted by Crippen LogP contribution is 2.30. The van der Waals surface area contributed by atoms with Crippen LogP contribution in [0, 0.1) is 10.1 Å². The van der Waals surface area contributed by atoms with Crippen LogP contribution >= 0.6 is 0 Å². The summed E-state index contributed by atoms with van der Waals surface area (Å²) in [4.78, 5) is 41.1. The highest BCUT2D eigenvalue weighted by Gasteiger charge is 2.35. The Labute approximate surface area is 167 Å². The van der Waals surface area contributed by atoms with Crippen LogP contribution in [-0.4, -0.2) is 40.1 Å². The van der Waals surface area contributed by atoms with Crippen LogP contribution in [0.4, 0.5) is 16.3 Å². The lowest BCUT2D eigenvalue weighted by atomic mass is 10.1. The summed E-state index contributed by atoms with van der Waals surface area (Å²) >= 11 is 0. The smallest absolute Gasteiger partial charge is 0.408 e. The number of amides is 2. The van der Waals surface area contributed by atoms with Gasteiger partial charge in [-0.3, -0.25) is 19.8 Å². The Morgan fingerprint density at radius 1 is 1.28 bits per heavy atom. The van der Waals surface area contributed by atoms with Gasteiger partial charge in [-0.1, -0.05) is 12.1 Å². The minimum atomic E-state index is -0.679. The largest absolute Gasteiger partial charge is 0.444 e. The number of ether oxygens (including phenoxy) is 1. The van der Waals surface area contributed by atoms with Gasteiger partial charge in [0.2, 0.25) is 0 Å². The molecule has 29 heavy (non-hydrogen) atoms. The van der Waals surface area contributed by atoms with Crippen molar-refractivity contribution in [2.24, 2.45) is 0 Å². The van der Waals surface area contributed by atoms with E-state index in [-0.39, 0.29) is 11.6 Å². The standard InChI is InChI=1S/C20H22N4O5/c1-20(2,3)29-19(26)22-15-10-11-23(18(15)25)17-9-8-13(12-21-17)14-6-4-5-7-16(14)24(27)28/h4-9,12,15H,10-11H2,1-3H3,(H,22,26)/t15-/m0/s1. The second kappa shape index (κ2) is 7.86. The summed E-state index contributed by atoms with van der Waals surface area (Å²) in [6, 6.07) is 9.04. The Kier molecular flexibility index (Phi) is 5.49. The fraction of sp³-hybridized carbons (Fsp3) is 0.350. The van der Waals surface area contributed by atoms with E-state index in [0.29, 0.717) is 29.9 Å². The fourth-order valence-corrected chi connectivity index (χ4v) is 3.07. The van der Waals surface area contributed by atoms with Crippen molar-refractivity contribution in [2.75, 3.05) is 11.4 Å². The summed E-state index contributed by atoms with van der Waals surface area (Å²) < 4.78 is 5.19. The Morgan fingerprint density at radius 2 is 2.00 bits per heavy atom. The lowest BCUT2D eigenvalue weighted by molar-refractivity contribution is -0.384. The lowest BCUT2D eigenvalue weighted by Crippen LogP contribution is -2.43. The molecule has 1 N–H and O–H groups in total. The maximum Gasteiger partial charge on any atom is 0.408 e. The second-order valence-electron chi connectivity index (χ2n) is 7.66. The Hall–Kier alpha value is -3.49. The number of alkyl carbamates (subject to hydrolysis) is 1. The molecule has 1 aliphatic rings. The lowest BCUT2D eigenvalue weighted by Gasteiger charge is -2.21. The van der Waals surface area contributed by atoms with Gasteiger partial charge in [-0.05, 0) is 45.4 Å². The van der Waals surface area contributed by atoms with Gasteiger partial charge in [0.1, 0.15) is 17.5 Å². The molecule has 3 rings (SSSR count). The molecule has 1 aliphatic heterocycles. The number of anilines is 1. The van der Waals surface area contributed by atoms with Crippen molar-refractivity contribution in [3.8, 4) is 11.1 Å². The number of nitro benzene ring substituents is 1. The molecule has 0 aliphatic carbocycles. The van der Waals surface area contributed by atoms with Gasteiger partial charge in [-0.25, -0.2) is 9.78 Å². The van der Waals surface area contributed by atoms with Crippen molar-refractivity contribution in [1.29, 1.82) is 0 Å². The summed E-state index contributed by atoms with van der Waals surface area (Å²) in [5.41, 5.74) is 0.369. The van der Waals surface area contributed by atoms with E-state index in [4.69, 9.17) is 4.74 Å². The van der Waals surface area contributed by atoms with Crippen LogP contribution < -0.4 is 10.2 Å². The van der Waals surface area contributed by atoms with Crippen LogP contribution in [0.3, 0.4) is 0 Å². The average molecular weight is 398 g/mol. The third-order valence-electron chi connectivity index (χ3n) is 4.33. The Morgan fingerprint density at radius 3 is 2.62 bits per heavy atom. The second-order valence-corrected chi connectivity index (χ2v) is 7.66. The predicted octanol–water partition coefficient (Wildman–Crippen LogP) is 3.29. The zero-order valence-corrected chi connectivity index (χ0v) is 16.4. The van der Waals surface area contributed by atoms with E-state index in [9.17, 15) is 19.7 Å². The molecule has 1 fully saturated rings. The summed E-state index contributed by atoms with van der Waals surface area (Å²) in [6.07, 6.45) is 1.29. The molecule has 1 saturated heterocycles. The molecule has 2 amide bonds. The van der Waals surface area contributed by atoms with Crippen LogP contribution in [0.1, 0.15) is 27.2 Å². The maximum absolute atomic E-state index is 12.6. The number of pyridine rings is 1. The molecule has 1 atom stereocenters. The number of rotatable bonds is 4. The number of carbonyl (C=O) groups excluding carboxylic acids is 2. The Balaban J connectivity index is 1.72. The number of para-hydroxylation sites is 1. The van der Waals surface area contributed by atoms with Crippen LogP contribution in [0.5, 0.6) is 0 Å². The molecule has 0 saturated carbocycles. The molecule has 1 aromatic heterocycles. The average Bonchev–Trinajstić information content (AvgIpc) is 3.00. The summed E-state index contributed by atoms with van der Waals surface area (Å²) in [7, 11) is 0. The number of aromatic nitrogens is 1. The molecular formula is C20H22N4O5. The van der Waals surface area contributed by atoms with Crippen molar-refractivity contribution >= 4 is 23.5 Å². The number of hydrogen-bond donors (Lipinski definition) is 1. The van der Waals surface area contributed by atoms with E-state index in [2.05, 4.69) is 10.3 Å². The number of hydrogen-bond acceptors (Lipinski definition) is 6. The van der Waals surface area contributed by atoms with Gasteiger partial charge >= 0.3 is 6.09 Å². The van der Waals surface area contributed by atoms with Gasteiger partial charge in [0, 0.05) is 24.4 Å². The number of nitro groups is 1. The minimum Gasteiger partial charge on any atom is -0.444 e. The fourth-order valence-electron chi connectivity index (χ4n) is 3.07. The van der Waals surface area contributed by atoms with Gasteiger partial charge < -0.3 is 10.1 Å². The first kappa shape index (κ1) is 20.2. The monoisotopic (exact) mass is 398 g/mol. The van der Waals surface area contributed by atoms with Gasteiger partial charge in [0.25, 0.3) is 11.6 Å². The number of benzene rings is 1. The quantitative estimate of drug-likeness (QED) is 0.624. The van der Waals surface area contributed by atoms with E-state index in [1.807, 2.05) is 0 Å². The van der Waals surface area contributed by atoms with E-state index >= 15 is 0 Å². The van der Waals surface area contributed by atoms with Crippen LogP contribution in [0.15, 0.2) is 42.6 Å². The molecule has 9 nitrogen and oxygen atoms in total. The molecule has 0 unspecified atom stereocenters. The molecule has 152 valence electrons. The van der Waals surface area contributed by atoms with Crippen molar-refractivity contribution in [3.05, 3.63) is 52.7 Å². The minimum absolute atomic E-state index is 0.0130. The topological polar surface area (TPSA) is 115 Å². The number of nitrogens with zero attached hydrogens (tertiary/aromatic N) is 3. The first-order chi connectivity index (χ1) is 13.7. The zero-order valence-electron chi connectivity index (χ0n) is 16.4. The molecule has 1 aromatic carbocycles. The molecule has 0 spiro atoms. The number of carbonyl (C=O) groups is 2. The predicted molar refractivity (Wildman–Crippen MR) is 106 cm³/mol. The van der Waals surface area contributed by atoms with E-state index in [1.54, 1.807) is 51.1 Å². The summed E-state index contributed by atoms with van der Waals surface area (Å²) in [5.74, 6) is 0.146. The molecule has 2 heterocycles. The van der Waals surface area contributed by atoms with E-state index < -0.39 is 22.7 Å². The van der Waals surface area contributed by atoms with Crippen molar-refractivity contribution in [3.63, 3.8) is 0 Å². The third-order valence-corrected chi connectivity index (χ3v) is 4.33. The normalized spacial score (nSPS) is 16.6. The molecule has 9 heteroatoms. The summed E-state index contributed by atoms with van der Waals surface area (Å²) in [5, 5.41) is 13.8. The van der Waals surface area contributed by atoms with Gasteiger partial charge in [-0.2, -0.15) is 0 Å². The van der Waals surface area contributed by atoms with E-state index in [1.165, 1.54) is 17.2 Å². The van der Waals surface area contributed by atoms with Gasteiger partial charge in [0.05, 0.1) is 10.5 Å².